The highest BCUT2D eigenvalue weighted by Gasteiger charge is 2.23. The van der Waals surface area contributed by atoms with Gasteiger partial charge in [-0.2, -0.15) is 8.78 Å². The normalized spacial score (nSPS) is 13.6. The van der Waals surface area contributed by atoms with E-state index in [1.165, 1.54) is 6.07 Å². The van der Waals surface area contributed by atoms with Gasteiger partial charge in [-0.3, -0.25) is 9.78 Å². The lowest BCUT2D eigenvalue weighted by atomic mass is 10.0. The number of benzene rings is 1. The Labute approximate surface area is 144 Å². The summed E-state index contributed by atoms with van der Waals surface area (Å²) in [6, 6.07) is 8.34. The number of hydrogen-bond acceptors (Lipinski definition) is 4. The lowest BCUT2D eigenvalue weighted by Crippen LogP contribution is -2.37. The molecular formula is C18H18F2N2O3. The maximum atomic E-state index is 12.4. The van der Waals surface area contributed by atoms with E-state index in [4.69, 9.17) is 4.74 Å². The summed E-state index contributed by atoms with van der Waals surface area (Å²) in [5.74, 6) is -0.0526. The number of carbonyl (C=O) groups is 1. The number of pyridine rings is 1. The van der Waals surface area contributed by atoms with Crippen LogP contribution in [0.4, 0.5) is 14.5 Å². The zero-order chi connectivity index (χ0) is 17.6. The second kappa shape index (κ2) is 8.02. The molecule has 3 rings (SSSR count). The summed E-state index contributed by atoms with van der Waals surface area (Å²) >= 11 is 0. The van der Waals surface area contributed by atoms with E-state index < -0.39 is 6.61 Å². The van der Waals surface area contributed by atoms with E-state index in [1.807, 2.05) is 6.07 Å². The van der Waals surface area contributed by atoms with Crippen molar-refractivity contribution in [1.82, 2.24) is 4.98 Å². The van der Waals surface area contributed by atoms with Crippen molar-refractivity contribution in [3.8, 4) is 5.75 Å². The second-order valence-corrected chi connectivity index (χ2v) is 5.67. The molecule has 2 heterocycles. The van der Waals surface area contributed by atoms with Crippen molar-refractivity contribution >= 4 is 11.6 Å². The van der Waals surface area contributed by atoms with E-state index in [0.717, 1.165) is 29.7 Å². The number of halogens is 2. The van der Waals surface area contributed by atoms with Crippen molar-refractivity contribution in [1.29, 1.82) is 0 Å². The zero-order valence-electron chi connectivity index (χ0n) is 13.5. The average Bonchev–Trinajstić information content (AvgIpc) is 2.61. The molecule has 1 aliphatic rings. The molecule has 0 fully saturated rings. The predicted molar refractivity (Wildman–Crippen MR) is 87.6 cm³/mol. The van der Waals surface area contributed by atoms with E-state index in [9.17, 15) is 13.6 Å². The first-order chi connectivity index (χ1) is 12.1. The van der Waals surface area contributed by atoms with Crippen LogP contribution >= 0.6 is 0 Å². The largest absolute Gasteiger partial charge is 0.435 e. The molecule has 5 nitrogen and oxygen atoms in total. The topological polar surface area (TPSA) is 51.7 Å². The molecule has 0 radical (unpaired) electrons. The first kappa shape index (κ1) is 17.3. The highest BCUT2D eigenvalue weighted by molar-refractivity contribution is 5.95. The van der Waals surface area contributed by atoms with Crippen LogP contribution in [-0.2, 0) is 22.6 Å². The Hall–Kier alpha value is -2.54. The Morgan fingerprint density at radius 2 is 2.20 bits per heavy atom. The van der Waals surface area contributed by atoms with Gasteiger partial charge < -0.3 is 14.4 Å². The Balaban J connectivity index is 1.62. The van der Waals surface area contributed by atoms with E-state index in [1.54, 1.807) is 35.5 Å². The SMILES string of the molecule is O=C(COCc1cccnc1)N1CCCc2cc(OC(F)F)ccc21. The van der Waals surface area contributed by atoms with Crippen LogP contribution in [0.25, 0.3) is 0 Å². The van der Waals surface area contributed by atoms with Crippen LogP contribution in [0.15, 0.2) is 42.7 Å². The molecule has 132 valence electrons. The third kappa shape index (κ3) is 4.51. The molecule has 25 heavy (non-hydrogen) atoms. The monoisotopic (exact) mass is 348 g/mol. The summed E-state index contributed by atoms with van der Waals surface area (Å²) in [5, 5.41) is 0. The number of aromatic nitrogens is 1. The number of nitrogens with zero attached hydrogens (tertiary/aromatic N) is 2. The van der Waals surface area contributed by atoms with Gasteiger partial charge in [0.25, 0.3) is 5.91 Å². The lowest BCUT2D eigenvalue weighted by molar-refractivity contribution is -0.123. The van der Waals surface area contributed by atoms with E-state index in [-0.39, 0.29) is 18.3 Å². The number of alkyl halides is 2. The molecule has 0 atom stereocenters. The van der Waals surface area contributed by atoms with Crippen LogP contribution < -0.4 is 9.64 Å². The van der Waals surface area contributed by atoms with Crippen molar-refractivity contribution in [2.24, 2.45) is 0 Å². The summed E-state index contributed by atoms with van der Waals surface area (Å²) in [7, 11) is 0. The van der Waals surface area contributed by atoms with Gasteiger partial charge in [0, 0.05) is 24.6 Å². The minimum absolute atomic E-state index is 0.0520. The van der Waals surface area contributed by atoms with Crippen LogP contribution in [0.1, 0.15) is 17.5 Å². The molecule has 1 amide bonds. The maximum absolute atomic E-state index is 12.4. The smallest absolute Gasteiger partial charge is 0.387 e. The fourth-order valence-electron chi connectivity index (χ4n) is 2.83. The predicted octanol–water partition coefficient (Wildman–Crippen LogP) is 3.18. The Morgan fingerprint density at radius 1 is 1.32 bits per heavy atom. The molecule has 0 saturated heterocycles. The molecule has 0 aliphatic carbocycles. The third-order valence-electron chi connectivity index (χ3n) is 3.91. The van der Waals surface area contributed by atoms with Crippen LogP contribution in [0.5, 0.6) is 5.75 Å². The van der Waals surface area contributed by atoms with Gasteiger partial charge in [-0.25, -0.2) is 0 Å². The second-order valence-electron chi connectivity index (χ2n) is 5.67. The van der Waals surface area contributed by atoms with Gasteiger partial charge in [0.15, 0.2) is 0 Å². The number of carbonyl (C=O) groups excluding carboxylic acids is 1. The van der Waals surface area contributed by atoms with Crippen molar-refractivity contribution in [3.05, 3.63) is 53.9 Å². The van der Waals surface area contributed by atoms with Gasteiger partial charge in [-0.15, -0.1) is 0 Å². The molecule has 0 unspecified atom stereocenters. The highest BCUT2D eigenvalue weighted by Crippen LogP contribution is 2.31. The molecule has 0 spiro atoms. The quantitative estimate of drug-likeness (QED) is 0.805. The number of anilines is 1. The van der Waals surface area contributed by atoms with Crippen LogP contribution in [0.2, 0.25) is 0 Å². The Bertz CT molecular complexity index is 726. The molecule has 1 aliphatic heterocycles. The standard InChI is InChI=1S/C18H18F2N2O3/c19-18(20)25-15-5-6-16-14(9-15)4-2-8-22(16)17(23)12-24-11-13-3-1-7-21-10-13/h1,3,5-7,9-10,18H,2,4,8,11-12H2. The van der Waals surface area contributed by atoms with Gasteiger partial charge in [0.2, 0.25) is 0 Å². The molecule has 0 saturated carbocycles. The summed E-state index contributed by atoms with van der Waals surface area (Å²) in [6.07, 6.45) is 4.84. The van der Waals surface area contributed by atoms with E-state index in [2.05, 4.69) is 9.72 Å². The van der Waals surface area contributed by atoms with Crippen molar-refractivity contribution in [2.45, 2.75) is 26.1 Å². The van der Waals surface area contributed by atoms with Gasteiger partial charge in [-0.1, -0.05) is 6.07 Å². The molecule has 1 aromatic heterocycles. The molecule has 0 N–H and O–H groups in total. The molecule has 1 aromatic carbocycles. The summed E-state index contributed by atoms with van der Waals surface area (Å²) in [5.41, 5.74) is 2.44. The zero-order valence-corrected chi connectivity index (χ0v) is 13.5. The third-order valence-corrected chi connectivity index (χ3v) is 3.91. The van der Waals surface area contributed by atoms with Crippen LogP contribution in [0.3, 0.4) is 0 Å². The number of amides is 1. The Morgan fingerprint density at radius 3 is 2.96 bits per heavy atom. The number of hydrogen-bond donors (Lipinski definition) is 0. The number of fused-ring (bicyclic) bond motifs is 1. The number of aryl methyl sites for hydroxylation is 1. The maximum Gasteiger partial charge on any atom is 0.387 e. The lowest BCUT2D eigenvalue weighted by Gasteiger charge is -2.29. The van der Waals surface area contributed by atoms with Crippen molar-refractivity contribution < 1.29 is 23.0 Å². The summed E-state index contributed by atoms with van der Waals surface area (Å²) < 4.78 is 34.6. The molecule has 2 aromatic rings. The van der Waals surface area contributed by atoms with Gasteiger partial charge in [0.05, 0.1) is 6.61 Å². The fourth-order valence-corrected chi connectivity index (χ4v) is 2.83. The number of rotatable bonds is 6. The van der Waals surface area contributed by atoms with Gasteiger partial charge in [-0.05, 0) is 48.2 Å². The fraction of sp³-hybridized carbons (Fsp3) is 0.333. The molecular weight excluding hydrogens is 330 g/mol. The highest BCUT2D eigenvalue weighted by atomic mass is 19.3. The van der Waals surface area contributed by atoms with E-state index >= 15 is 0 Å². The van der Waals surface area contributed by atoms with Crippen LogP contribution in [-0.4, -0.2) is 30.7 Å². The van der Waals surface area contributed by atoms with Crippen LogP contribution in [0, 0.1) is 0 Å². The number of ether oxygens (including phenoxy) is 2. The minimum atomic E-state index is -2.86. The average molecular weight is 348 g/mol. The van der Waals surface area contributed by atoms with Crippen molar-refractivity contribution in [2.75, 3.05) is 18.1 Å². The molecule has 0 bridgehead atoms. The first-order valence-corrected chi connectivity index (χ1v) is 7.98. The van der Waals surface area contributed by atoms with Crippen molar-refractivity contribution in [3.63, 3.8) is 0 Å². The van der Waals surface area contributed by atoms with Gasteiger partial charge in [0.1, 0.15) is 12.4 Å². The van der Waals surface area contributed by atoms with E-state index in [0.29, 0.717) is 13.2 Å². The minimum Gasteiger partial charge on any atom is -0.435 e. The summed E-state index contributed by atoms with van der Waals surface area (Å²) in [6.45, 7) is -2.03. The first-order valence-electron chi connectivity index (χ1n) is 7.98. The Kier molecular flexibility index (Phi) is 5.55. The van der Waals surface area contributed by atoms with Gasteiger partial charge >= 0.3 is 6.61 Å². The summed E-state index contributed by atoms with van der Waals surface area (Å²) in [4.78, 5) is 18.1. The molecule has 7 heteroatoms.